The van der Waals surface area contributed by atoms with Crippen LogP contribution in [-0.2, 0) is 0 Å². The summed E-state index contributed by atoms with van der Waals surface area (Å²) in [4.78, 5) is 0. The van der Waals surface area contributed by atoms with E-state index in [2.05, 4.69) is 27.4 Å². The molecule has 0 aromatic rings. The van der Waals surface area contributed by atoms with Gasteiger partial charge in [0.15, 0.2) is 0 Å². The minimum absolute atomic E-state index is 0.0383. The summed E-state index contributed by atoms with van der Waals surface area (Å²) in [7, 11) is 0. The molecule has 0 aromatic heterocycles. The van der Waals surface area contributed by atoms with Crippen molar-refractivity contribution in [3.05, 3.63) is 12.2 Å². The Morgan fingerprint density at radius 1 is 1.54 bits per heavy atom. The minimum Gasteiger partial charge on any atom is -0.325 e. The van der Waals surface area contributed by atoms with Gasteiger partial charge in [-0.05, 0) is 44.9 Å². The highest BCUT2D eigenvalue weighted by atomic mass is 14.8. The third-order valence-electron chi connectivity index (χ3n) is 3.32. The van der Waals surface area contributed by atoms with Crippen molar-refractivity contribution < 1.29 is 0 Å². The molecule has 3 atom stereocenters. The van der Waals surface area contributed by atoms with Gasteiger partial charge in [-0.25, -0.2) is 0 Å². The first-order chi connectivity index (χ1) is 5.92. The molecular formula is C12H23N. The summed E-state index contributed by atoms with van der Waals surface area (Å²) < 4.78 is 0. The highest BCUT2D eigenvalue weighted by Gasteiger charge is 2.35. The highest BCUT2D eigenvalue weighted by Crippen LogP contribution is 2.38. The van der Waals surface area contributed by atoms with Crippen LogP contribution in [0.25, 0.3) is 0 Å². The van der Waals surface area contributed by atoms with Crippen molar-refractivity contribution in [3.63, 3.8) is 0 Å². The molecule has 0 saturated heterocycles. The van der Waals surface area contributed by atoms with Crippen LogP contribution in [0.3, 0.4) is 0 Å². The number of hydrogen-bond acceptors (Lipinski definition) is 1. The molecule has 76 valence electrons. The fraction of sp³-hybridized carbons (Fsp3) is 0.833. The second-order valence-corrected chi connectivity index (χ2v) is 5.25. The van der Waals surface area contributed by atoms with Gasteiger partial charge in [0.05, 0.1) is 0 Å². The number of nitrogens with two attached hydrogens (primary N) is 1. The normalized spacial score (nSPS) is 40.3. The smallest absolute Gasteiger partial charge is 0.0159 e. The molecule has 3 unspecified atom stereocenters. The molecule has 0 radical (unpaired) electrons. The fourth-order valence-electron chi connectivity index (χ4n) is 2.59. The molecular weight excluding hydrogens is 158 g/mol. The maximum Gasteiger partial charge on any atom is 0.0159 e. The maximum absolute atomic E-state index is 6.32. The number of hydrogen-bond donors (Lipinski definition) is 1. The van der Waals surface area contributed by atoms with E-state index in [0.29, 0.717) is 5.92 Å². The molecule has 2 N–H and O–H groups in total. The molecule has 1 nitrogen and oxygen atoms in total. The molecule has 0 heterocycles. The van der Waals surface area contributed by atoms with Gasteiger partial charge < -0.3 is 5.73 Å². The molecule has 0 spiro atoms. The molecule has 0 aliphatic heterocycles. The zero-order valence-corrected chi connectivity index (χ0v) is 9.27. The van der Waals surface area contributed by atoms with Gasteiger partial charge in [0.1, 0.15) is 0 Å². The van der Waals surface area contributed by atoms with Gasteiger partial charge in [-0.1, -0.05) is 18.9 Å². The van der Waals surface area contributed by atoms with Gasteiger partial charge in [-0.15, -0.1) is 6.58 Å². The lowest BCUT2D eigenvalue weighted by Gasteiger charge is -2.41. The molecule has 0 aromatic carbocycles. The van der Waals surface area contributed by atoms with E-state index >= 15 is 0 Å². The topological polar surface area (TPSA) is 26.0 Å². The van der Waals surface area contributed by atoms with Gasteiger partial charge in [0.2, 0.25) is 0 Å². The van der Waals surface area contributed by atoms with E-state index in [0.717, 1.165) is 12.3 Å². The molecule has 13 heavy (non-hydrogen) atoms. The first kappa shape index (κ1) is 10.8. The van der Waals surface area contributed by atoms with Crippen molar-refractivity contribution in [2.75, 3.05) is 0 Å². The quantitative estimate of drug-likeness (QED) is 0.651. The predicted molar refractivity (Wildman–Crippen MR) is 58.5 cm³/mol. The standard InChI is InChI=1S/C12H23N/c1-9(2)7-11-6-5-10(3)8-12(11,4)13/h10-11H,1,5-8,13H2,2-4H3. The Kier molecular flexibility index (Phi) is 3.18. The monoisotopic (exact) mass is 181 g/mol. The van der Waals surface area contributed by atoms with Gasteiger partial charge in [0, 0.05) is 5.54 Å². The minimum atomic E-state index is 0.0383. The molecule has 1 aliphatic rings. The SMILES string of the molecule is C=C(C)CC1CCC(C)CC1(C)N. The molecule has 0 amide bonds. The van der Waals surface area contributed by atoms with E-state index in [1.54, 1.807) is 0 Å². The Balaban J connectivity index is 2.59. The van der Waals surface area contributed by atoms with E-state index in [4.69, 9.17) is 5.73 Å². The van der Waals surface area contributed by atoms with Crippen LogP contribution >= 0.6 is 0 Å². The van der Waals surface area contributed by atoms with Crippen LogP contribution in [0.15, 0.2) is 12.2 Å². The third kappa shape index (κ3) is 2.84. The van der Waals surface area contributed by atoms with Crippen LogP contribution in [0, 0.1) is 11.8 Å². The summed E-state index contributed by atoms with van der Waals surface area (Å²) in [5, 5.41) is 0. The summed E-state index contributed by atoms with van der Waals surface area (Å²) >= 11 is 0. The lowest BCUT2D eigenvalue weighted by Crippen LogP contribution is -2.48. The van der Waals surface area contributed by atoms with Crippen molar-refractivity contribution in [3.8, 4) is 0 Å². The zero-order valence-electron chi connectivity index (χ0n) is 9.27. The van der Waals surface area contributed by atoms with E-state index < -0.39 is 0 Å². The van der Waals surface area contributed by atoms with Crippen LogP contribution in [-0.4, -0.2) is 5.54 Å². The first-order valence-electron chi connectivity index (χ1n) is 5.35. The van der Waals surface area contributed by atoms with Gasteiger partial charge >= 0.3 is 0 Å². The van der Waals surface area contributed by atoms with Crippen molar-refractivity contribution in [2.45, 2.75) is 52.0 Å². The second-order valence-electron chi connectivity index (χ2n) is 5.25. The Morgan fingerprint density at radius 3 is 2.62 bits per heavy atom. The van der Waals surface area contributed by atoms with Crippen molar-refractivity contribution in [1.82, 2.24) is 0 Å². The molecule has 0 bridgehead atoms. The van der Waals surface area contributed by atoms with Crippen molar-refractivity contribution >= 4 is 0 Å². The van der Waals surface area contributed by atoms with Crippen molar-refractivity contribution in [1.29, 1.82) is 0 Å². The zero-order chi connectivity index (χ0) is 10.1. The van der Waals surface area contributed by atoms with Crippen LogP contribution in [0.5, 0.6) is 0 Å². The first-order valence-corrected chi connectivity index (χ1v) is 5.35. The van der Waals surface area contributed by atoms with Gasteiger partial charge in [-0.3, -0.25) is 0 Å². The number of allylic oxidation sites excluding steroid dienone is 1. The summed E-state index contributed by atoms with van der Waals surface area (Å²) in [6.07, 6.45) is 4.90. The van der Waals surface area contributed by atoms with Crippen LogP contribution in [0.1, 0.15) is 46.5 Å². The van der Waals surface area contributed by atoms with E-state index in [1.165, 1.54) is 24.8 Å². The van der Waals surface area contributed by atoms with E-state index in [1.807, 2.05) is 0 Å². The number of rotatable bonds is 2. The van der Waals surface area contributed by atoms with E-state index in [-0.39, 0.29) is 5.54 Å². The molecule has 1 saturated carbocycles. The summed E-state index contributed by atoms with van der Waals surface area (Å²) in [6, 6.07) is 0. The van der Waals surface area contributed by atoms with Crippen LogP contribution in [0.4, 0.5) is 0 Å². The highest BCUT2D eigenvalue weighted by molar-refractivity contribution is 5.00. The van der Waals surface area contributed by atoms with Crippen LogP contribution < -0.4 is 5.73 Å². The summed E-state index contributed by atoms with van der Waals surface area (Å²) in [5.41, 5.74) is 7.63. The Morgan fingerprint density at radius 2 is 2.15 bits per heavy atom. The fourth-order valence-corrected chi connectivity index (χ4v) is 2.59. The van der Waals surface area contributed by atoms with E-state index in [9.17, 15) is 0 Å². The molecule has 1 rings (SSSR count). The molecule has 1 fully saturated rings. The average molecular weight is 181 g/mol. The Labute approximate surface area is 82.4 Å². The lowest BCUT2D eigenvalue weighted by atomic mass is 9.68. The predicted octanol–water partition coefficient (Wildman–Crippen LogP) is 3.11. The van der Waals surface area contributed by atoms with Crippen LogP contribution in [0.2, 0.25) is 0 Å². The Bertz CT molecular complexity index is 193. The average Bonchev–Trinajstić information content (AvgIpc) is 1.93. The largest absolute Gasteiger partial charge is 0.325 e. The van der Waals surface area contributed by atoms with Crippen molar-refractivity contribution in [2.24, 2.45) is 17.6 Å². The maximum atomic E-state index is 6.32. The second kappa shape index (κ2) is 3.83. The third-order valence-corrected chi connectivity index (χ3v) is 3.32. The molecule has 1 aliphatic carbocycles. The van der Waals surface area contributed by atoms with Gasteiger partial charge in [0.25, 0.3) is 0 Å². The Hall–Kier alpha value is -0.300. The molecule has 1 heteroatoms. The summed E-state index contributed by atoms with van der Waals surface area (Å²) in [6.45, 7) is 10.6. The lowest BCUT2D eigenvalue weighted by molar-refractivity contribution is 0.164. The van der Waals surface area contributed by atoms with Gasteiger partial charge in [-0.2, -0.15) is 0 Å². The summed E-state index contributed by atoms with van der Waals surface area (Å²) in [5.74, 6) is 1.46.